The highest BCUT2D eigenvalue weighted by Gasteiger charge is 2.56. The minimum absolute atomic E-state index is 0.0477. The first kappa shape index (κ1) is 16.1. The first-order chi connectivity index (χ1) is 11.6. The Morgan fingerprint density at radius 1 is 1.21 bits per heavy atom. The predicted octanol–water partition coefficient (Wildman–Crippen LogP) is 2.35. The maximum Gasteiger partial charge on any atom is 0.223 e. The lowest BCUT2D eigenvalue weighted by Crippen LogP contribution is -2.56. The summed E-state index contributed by atoms with van der Waals surface area (Å²) in [6.45, 7) is 0.999. The van der Waals surface area contributed by atoms with Crippen LogP contribution in [0.4, 0.5) is 0 Å². The van der Waals surface area contributed by atoms with Gasteiger partial charge in [-0.25, -0.2) is 0 Å². The first-order valence-corrected chi connectivity index (χ1v) is 9.17. The van der Waals surface area contributed by atoms with Crippen LogP contribution in [-0.2, 0) is 14.9 Å². The molecule has 4 rings (SSSR count). The molecule has 24 heavy (non-hydrogen) atoms. The Morgan fingerprint density at radius 3 is 2.38 bits per heavy atom. The fourth-order valence-electron chi connectivity index (χ4n) is 5.46. The molecule has 3 fully saturated rings. The zero-order valence-electron chi connectivity index (χ0n) is 14.4. The molecule has 1 saturated heterocycles. The van der Waals surface area contributed by atoms with Gasteiger partial charge in [0, 0.05) is 32.0 Å². The summed E-state index contributed by atoms with van der Waals surface area (Å²) in [6, 6.07) is 10.6. The topological polar surface area (TPSA) is 49.8 Å². The van der Waals surface area contributed by atoms with Crippen molar-refractivity contribution in [1.29, 1.82) is 0 Å². The van der Waals surface area contributed by atoms with E-state index in [-0.39, 0.29) is 17.4 Å². The van der Waals surface area contributed by atoms with E-state index in [1.807, 2.05) is 18.1 Å². The SMILES string of the molecule is CO[C@H]1C[C@H]2CC[C@@H](C1)[C@@]2(CC(=O)N1CC(O)C1)c1ccccc1. The molecule has 2 saturated carbocycles. The average molecular weight is 329 g/mol. The molecule has 3 aliphatic rings. The molecule has 2 bridgehead atoms. The molecule has 0 aromatic heterocycles. The van der Waals surface area contributed by atoms with E-state index in [0.29, 0.717) is 37.5 Å². The zero-order valence-corrected chi connectivity index (χ0v) is 14.4. The van der Waals surface area contributed by atoms with E-state index in [0.717, 1.165) is 12.8 Å². The van der Waals surface area contributed by atoms with Crippen LogP contribution in [0.5, 0.6) is 0 Å². The Morgan fingerprint density at radius 2 is 1.83 bits per heavy atom. The van der Waals surface area contributed by atoms with Gasteiger partial charge >= 0.3 is 0 Å². The second kappa shape index (κ2) is 6.16. The summed E-state index contributed by atoms with van der Waals surface area (Å²) in [5.41, 5.74) is 1.27. The number of ether oxygens (including phenoxy) is 1. The molecule has 0 radical (unpaired) electrons. The lowest BCUT2D eigenvalue weighted by Gasteiger charge is -2.48. The second-order valence-electron chi connectivity index (χ2n) is 7.84. The van der Waals surface area contributed by atoms with Crippen molar-refractivity contribution < 1.29 is 14.6 Å². The van der Waals surface area contributed by atoms with Gasteiger partial charge in [0.2, 0.25) is 5.91 Å². The van der Waals surface area contributed by atoms with Crippen molar-refractivity contribution >= 4 is 5.91 Å². The number of hydrogen-bond acceptors (Lipinski definition) is 3. The molecular weight excluding hydrogens is 302 g/mol. The summed E-state index contributed by atoms with van der Waals surface area (Å²) >= 11 is 0. The van der Waals surface area contributed by atoms with Gasteiger partial charge in [0.1, 0.15) is 0 Å². The Hall–Kier alpha value is -1.39. The summed E-state index contributed by atoms with van der Waals surface area (Å²) in [5.74, 6) is 1.23. The smallest absolute Gasteiger partial charge is 0.223 e. The summed E-state index contributed by atoms with van der Waals surface area (Å²) in [4.78, 5) is 14.7. The molecule has 1 N–H and O–H groups in total. The lowest BCUT2D eigenvalue weighted by molar-refractivity contribution is -0.144. The molecule has 1 amide bonds. The zero-order chi connectivity index (χ0) is 16.7. The highest BCUT2D eigenvalue weighted by molar-refractivity contribution is 5.79. The van der Waals surface area contributed by atoms with E-state index in [9.17, 15) is 9.90 Å². The average Bonchev–Trinajstić information content (AvgIpc) is 2.77. The van der Waals surface area contributed by atoms with Crippen LogP contribution in [0.1, 0.15) is 37.7 Å². The summed E-state index contributed by atoms with van der Waals surface area (Å²) in [7, 11) is 1.81. The number of aliphatic hydroxyl groups excluding tert-OH is 1. The molecular formula is C20H27NO3. The lowest BCUT2D eigenvalue weighted by atomic mass is 9.59. The fraction of sp³-hybridized carbons (Fsp3) is 0.650. The minimum Gasteiger partial charge on any atom is -0.389 e. The van der Waals surface area contributed by atoms with Crippen LogP contribution >= 0.6 is 0 Å². The van der Waals surface area contributed by atoms with E-state index in [2.05, 4.69) is 24.3 Å². The third-order valence-corrected chi connectivity index (χ3v) is 6.72. The van der Waals surface area contributed by atoms with Gasteiger partial charge in [-0.1, -0.05) is 30.3 Å². The van der Waals surface area contributed by atoms with Gasteiger partial charge < -0.3 is 14.7 Å². The van der Waals surface area contributed by atoms with Gasteiger partial charge in [-0.2, -0.15) is 0 Å². The number of amides is 1. The van der Waals surface area contributed by atoms with E-state index >= 15 is 0 Å². The molecule has 1 heterocycles. The number of carbonyl (C=O) groups is 1. The summed E-state index contributed by atoms with van der Waals surface area (Å²) in [6.07, 6.45) is 5.07. The number of β-amino-alcohol motifs (C(OH)–C–C–N with tert-alkyl or cyclic N) is 1. The highest BCUT2D eigenvalue weighted by atomic mass is 16.5. The van der Waals surface area contributed by atoms with Crippen molar-refractivity contribution in [1.82, 2.24) is 4.90 Å². The number of aliphatic hydroxyl groups is 1. The standard InChI is InChI=1S/C20H27NO3/c1-24-18-9-15-7-8-16(10-18)20(15,14-5-3-2-4-6-14)11-19(23)21-12-17(22)13-21/h2-6,15-18,22H,7-13H2,1H3/t15-,16+,18+,20+. The third kappa shape index (κ3) is 2.47. The molecule has 4 nitrogen and oxygen atoms in total. The number of carbonyl (C=O) groups excluding carboxylic acids is 1. The molecule has 130 valence electrons. The minimum atomic E-state index is -0.331. The molecule has 0 spiro atoms. The molecule has 1 aromatic rings. The molecule has 4 atom stereocenters. The van der Waals surface area contributed by atoms with Crippen LogP contribution in [0.25, 0.3) is 0 Å². The first-order valence-electron chi connectivity index (χ1n) is 9.17. The van der Waals surface area contributed by atoms with Crippen molar-refractivity contribution in [3.63, 3.8) is 0 Å². The number of hydrogen-bond donors (Lipinski definition) is 1. The Bertz CT molecular complexity index is 582. The maximum atomic E-state index is 12.9. The Labute approximate surface area is 143 Å². The number of benzene rings is 1. The number of fused-ring (bicyclic) bond motifs is 2. The number of rotatable bonds is 4. The van der Waals surface area contributed by atoms with Gasteiger partial charge in [-0.15, -0.1) is 0 Å². The molecule has 2 aliphatic carbocycles. The number of methoxy groups -OCH3 is 1. The molecule has 0 unspecified atom stereocenters. The van der Waals surface area contributed by atoms with Crippen molar-refractivity contribution in [3.05, 3.63) is 35.9 Å². The monoisotopic (exact) mass is 329 g/mol. The van der Waals surface area contributed by atoms with Crippen molar-refractivity contribution in [3.8, 4) is 0 Å². The van der Waals surface area contributed by atoms with Crippen LogP contribution in [0, 0.1) is 11.8 Å². The van der Waals surface area contributed by atoms with Crippen LogP contribution in [0.2, 0.25) is 0 Å². The largest absolute Gasteiger partial charge is 0.389 e. The molecule has 4 heteroatoms. The van der Waals surface area contributed by atoms with E-state index in [1.165, 1.54) is 18.4 Å². The molecule has 1 aromatic carbocycles. The van der Waals surface area contributed by atoms with Crippen molar-refractivity contribution in [2.75, 3.05) is 20.2 Å². The van der Waals surface area contributed by atoms with E-state index in [1.54, 1.807) is 0 Å². The van der Waals surface area contributed by atoms with Crippen LogP contribution in [0.15, 0.2) is 30.3 Å². The van der Waals surface area contributed by atoms with Gasteiger partial charge in [-0.05, 0) is 43.1 Å². The Kier molecular flexibility index (Phi) is 4.13. The predicted molar refractivity (Wildman–Crippen MR) is 91.6 cm³/mol. The molecule has 1 aliphatic heterocycles. The van der Waals surface area contributed by atoms with Gasteiger partial charge in [0.25, 0.3) is 0 Å². The van der Waals surface area contributed by atoms with Crippen molar-refractivity contribution in [2.45, 2.75) is 49.7 Å². The summed E-state index contributed by atoms with van der Waals surface area (Å²) in [5, 5.41) is 9.53. The van der Waals surface area contributed by atoms with Gasteiger partial charge in [0.15, 0.2) is 0 Å². The van der Waals surface area contributed by atoms with E-state index < -0.39 is 0 Å². The van der Waals surface area contributed by atoms with Gasteiger partial charge in [-0.3, -0.25) is 4.79 Å². The normalized spacial score (nSPS) is 35.8. The maximum absolute atomic E-state index is 12.9. The Balaban J connectivity index is 1.65. The fourth-order valence-corrected chi connectivity index (χ4v) is 5.46. The number of nitrogens with zero attached hydrogens (tertiary/aromatic N) is 1. The summed E-state index contributed by atoms with van der Waals surface area (Å²) < 4.78 is 5.67. The third-order valence-electron chi connectivity index (χ3n) is 6.72. The second-order valence-corrected chi connectivity index (χ2v) is 7.84. The van der Waals surface area contributed by atoms with Crippen LogP contribution in [-0.4, -0.2) is 48.3 Å². The van der Waals surface area contributed by atoms with Crippen LogP contribution in [0.3, 0.4) is 0 Å². The van der Waals surface area contributed by atoms with Crippen LogP contribution < -0.4 is 0 Å². The highest BCUT2D eigenvalue weighted by Crippen LogP contribution is 2.59. The van der Waals surface area contributed by atoms with Crippen molar-refractivity contribution in [2.24, 2.45) is 11.8 Å². The van der Waals surface area contributed by atoms with Gasteiger partial charge in [0.05, 0.1) is 12.2 Å². The quantitative estimate of drug-likeness (QED) is 0.922. The number of likely N-dealkylation sites (tertiary alicyclic amines) is 1. The van der Waals surface area contributed by atoms with E-state index in [4.69, 9.17) is 4.74 Å².